The lowest BCUT2D eigenvalue weighted by Gasteiger charge is -2.36. The molecule has 1 aromatic carbocycles. The van der Waals surface area contributed by atoms with E-state index in [0.717, 1.165) is 16.8 Å². The lowest BCUT2D eigenvalue weighted by Crippen LogP contribution is -2.46. The van der Waals surface area contributed by atoms with Crippen molar-refractivity contribution in [1.82, 2.24) is 0 Å². The number of carbonyl (C=O) groups excluding carboxylic acids is 1. The summed E-state index contributed by atoms with van der Waals surface area (Å²) in [5, 5.41) is 9.10. The maximum Gasteiger partial charge on any atom is 0.307 e. The number of anilines is 1. The molecule has 1 amide bonds. The van der Waals surface area contributed by atoms with E-state index in [2.05, 4.69) is 6.07 Å². The summed E-state index contributed by atoms with van der Waals surface area (Å²) in [5.41, 5.74) is 3.08. The van der Waals surface area contributed by atoms with Crippen LogP contribution in [0, 0.1) is 25.7 Å². The van der Waals surface area contributed by atoms with Crippen molar-refractivity contribution in [3.8, 4) is 0 Å². The molecule has 1 aromatic rings. The number of rotatable bonds is 4. The molecule has 4 nitrogen and oxygen atoms in total. The highest BCUT2D eigenvalue weighted by molar-refractivity contribution is 5.98. The fraction of sp³-hybridized carbons (Fsp3) is 0.500. The molecule has 0 heterocycles. The maximum absolute atomic E-state index is 12.6. The Labute approximate surface area is 119 Å². The van der Waals surface area contributed by atoms with Gasteiger partial charge < -0.3 is 10.0 Å². The number of hydrogen-bond donors (Lipinski definition) is 1. The normalized spacial score (nSPS) is 21.1. The Balaban J connectivity index is 2.23. The van der Waals surface area contributed by atoms with E-state index < -0.39 is 11.9 Å². The van der Waals surface area contributed by atoms with E-state index in [-0.39, 0.29) is 11.8 Å². The molecular formula is C16H21NO3. The zero-order chi connectivity index (χ0) is 14.9. The number of carboxylic acid groups (broad SMARTS) is 1. The lowest BCUT2D eigenvalue weighted by atomic mass is 9.73. The second-order valence-electron chi connectivity index (χ2n) is 5.56. The number of carboxylic acids is 1. The second-order valence-corrected chi connectivity index (χ2v) is 5.56. The van der Waals surface area contributed by atoms with Gasteiger partial charge in [0.05, 0.1) is 11.8 Å². The third kappa shape index (κ3) is 2.69. The first kappa shape index (κ1) is 14.6. The van der Waals surface area contributed by atoms with Gasteiger partial charge in [0.15, 0.2) is 0 Å². The fourth-order valence-electron chi connectivity index (χ4n) is 2.86. The number of benzene rings is 1. The van der Waals surface area contributed by atoms with Crippen molar-refractivity contribution in [3.63, 3.8) is 0 Å². The Bertz CT molecular complexity index is 518. The average Bonchev–Trinajstić information content (AvgIpc) is 2.25. The topological polar surface area (TPSA) is 57.6 Å². The Morgan fingerprint density at radius 1 is 1.15 bits per heavy atom. The molecule has 2 unspecified atom stereocenters. The Kier molecular flexibility index (Phi) is 4.12. The quantitative estimate of drug-likeness (QED) is 0.919. The minimum Gasteiger partial charge on any atom is -0.481 e. The van der Waals surface area contributed by atoms with Crippen molar-refractivity contribution >= 4 is 17.6 Å². The van der Waals surface area contributed by atoms with Gasteiger partial charge >= 0.3 is 5.97 Å². The van der Waals surface area contributed by atoms with Crippen molar-refractivity contribution in [2.24, 2.45) is 11.8 Å². The van der Waals surface area contributed by atoms with Crippen LogP contribution in [0.4, 0.5) is 5.69 Å². The van der Waals surface area contributed by atoms with E-state index in [1.165, 1.54) is 0 Å². The highest BCUT2D eigenvalue weighted by Gasteiger charge is 2.43. The first-order valence-corrected chi connectivity index (χ1v) is 7.06. The lowest BCUT2D eigenvalue weighted by molar-refractivity contribution is -0.152. The van der Waals surface area contributed by atoms with E-state index in [0.29, 0.717) is 19.4 Å². The Morgan fingerprint density at radius 2 is 1.70 bits per heavy atom. The van der Waals surface area contributed by atoms with Crippen LogP contribution in [0.25, 0.3) is 0 Å². The van der Waals surface area contributed by atoms with Crippen LogP contribution in [0.1, 0.15) is 30.9 Å². The van der Waals surface area contributed by atoms with E-state index in [1.54, 1.807) is 4.90 Å². The van der Waals surface area contributed by atoms with E-state index >= 15 is 0 Å². The van der Waals surface area contributed by atoms with Gasteiger partial charge in [0.1, 0.15) is 0 Å². The molecule has 2 rings (SSSR count). The molecule has 1 fully saturated rings. The summed E-state index contributed by atoms with van der Waals surface area (Å²) in [6.45, 7) is 6.48. The summed E-state index contributed by atoms with van der Waals surface area (Å²) in [5.74, 6) is -1.79. The third-order valence-electron chi connectivity index (χ3n) is 4.01. The molecule has 0 saturated heterocycles. The number of nitrogens with zero attached hydrogens (tertiary/aromatic N) is 1. The summed E-state index contributed by atoms with van der Waals surface area (Å²) < 4.78 is 0. The van der Waals surface area contributed by atoms with Gasteiger partial charge in [-0.15, -0.1) is 0 Å². The smallest absolute Gasteiger partial charge is 0.307 e. The number of aliphatic carboxylic acids is 1. The molecule has 1 saturated carbocycles. The van der Waals surface area contributed by atoms with Crippen LogP contribution in [-0.4, -0.2) is 23.5 Å². The van der Waals surface area contributed by atoms with Gasteiger partial charge in [-0.25, -0.2) is 0 Å². The summed E-state index contributed by atoms with van der Waals surface area (Å²) in [6.07, 6.45) is 1.28. The number of carbonyl (C=O) groups is 2. The van der Waals surface area contributed by atoms with Crippen molar-refractivity contribution < 1.29 is 14.7 Å². The van der Waals surface area contributed by atoms with Gasteiger partial charge in [-0.2, -0.15) is 0 Å². The second kappa shape index (κ2) is 5.65. The maximum atomic E-state index is 12.6. The monoisotopic (exact) mass is 275 g/mol. The van der Waals surface area contributed by atoms with Crippen LogP contribution in [0.15, 0.2) is 18.2 Å². The van der Waals surface area contributed by atoms with Gasteiger partial charge in [0, 0.05) is 12.2 Å². The predicted octanol–water partition coefficient (Wildman–Crippen LogP) is 2.77. The summed E-state index contributed by atoms with van der Waals surface area (Å²) in [4.78, 5) is 25.3. The average molecular weight is 275 g/mol. The molecule has 108 valence electrons. The number of amides is 1. The molecule has 1 aliphatic rings. The van der Waals surface area contributed by atoms with Gasteiger partial charge in [0.25, 0.3) is 0 Å². The minimum absolute atomic E-state index is 0.0591. The van der Waals surface area contributed by atoms with Gasteiger partial charge in [0.2, 0.25) is 5.91 Å². The molecule has 0 radical (unpaired) electrons. The molecule has 4 heteroatoms. The predicted molar refractivity (Wildman–Crippen MR) is 77.8 cm³/mol. The highest BCUT2D eigenvalue weighted by atomic mass is 16.4. The van der Waals surface area contributed by atoms with Crippen molar-refractivity contribution in [2.45, 2.75) is 33.6 Å². The van der Waals surface area contributed by atoms with Crippen LogP contribution in [0.3, 0.4) is 0 Å². The molecule has 1 aliphatic carbocycles. The third-order valence-corrected chi connectivity index (χ3v) is 4.01. The molecule has 2 atom stereocenters. The van der Waals surface area contributed by atoms with E-state index in [4.69, 9.17) is 5.11 Å². The Hall–Kier alpha value is -1.84. The largest absolute Gasteiger partial charge is 0.481 e. The van der Waals surface area contributed by atoms with Crippen molar-refractivity contribution in [3.05, 3.63) is 29.3 Å². The summed E-state index contributed by atoms with van der Waals surface area (Å²) >= 11 is 0. The zero-order valence-corrected chi connectivity index (χ0v) is 12.2. The number of aryl methyl sites for hydroxylation is 2. The van der Waals surface area contributed by atoms with Crippen molar-refractivity contribution in [2.75, 3.05) is 11.4 Å². The van der Waals surface area contributed by atoms with Gasteiger partial charge in [-0.05, 0) is 56.9 Å². The summed E-state index contributed by atoms with van der Waals surface area (Å²) in [6, 6.07) is 6.01. The van der Waals surface area contributed by atoms with Crippen LogP contribution < -0.4 is 4.90 Å². The van der Waals surface area contributed by atoms with E-state index in [9.17, 15) is 9.59 Å². The van der Waals surface area contributed by atoms with Gasteiger partial charge in [-0.3, -0.25) is 9.59 Å². The first-order valence-electron chi connectivity index (χ1n) is 7.06. The van der Waals surface area contributed by atoms with E-state index in [1.807, 2.05) is 32.9 Å². The van der Waals surface area contributed by atoms with Gasteiger partial charge in [-0.1, -0.05) is 6.07 Å². The first-order chi connectivity index (χ1) is 9.43. The minimum atomic E-state index is -0.855. The van der Waals surface area contributed by atoms with Crippen molar-refractivity contribution in [1.29, 1.82) is 0 Å². The van der Waals surface area contributed by atoms with Crippen LogP contribution >= 0.6 is 0 Å². The molecule has 0 spiro atoms. The molecule has 0 aromatic heterocycles. The SMILES string of the molecule is CCN(C(=O)C1CCC1C(=O)O)c1cc(C)cc(C)c1. The molecule has 1 N–H and O–H groups in total. The molecule has 0 aliphatic heterocycles. The Morgan fingerprint density at radius 3 is 2.10 bits per heavy atom. The van der Waals surface area contributed by atoms with Crippen LogP contribution in [-0.2, 0) is 9.59 Å². The molecular weight excluding hydrogens is 254 g/mol. The van der Waals surface area contributed by atoms with Crippen LogP contribution in [0.5, 0.6) is 0 Å². The standard InChI is InChI=1S/C16H21NO3/c1-4-17(12-8-10(2)7-11(3)9-12)15(18)13-5-6-14(13)16(19)20/h7-9,13-14H,4-6H2,1-3H3,(H,19,20). The summed E-state index contributed by atoms with van der Waals surface area (Å²) in [7, 11) is 0. The molecule has 0 bridgehead atoms. The fourth-order valence-corrected chi connectivity index (χ4v) is 2.86. The van der Waals surface area contributed by atoms with Crippen LogP contribution in [0.2, 0.25) is 0 Å². The number of hydrogen-bond acceptors (Lipinski definition) is 2. The zero-order valence-electron chi connectivity index (χ0n) is 12.2. The molecule has 20 heavy (non-hydrogen) atoms. The highest BCUT2D eigenvalue weighted by Crippen LogP contribution is 2.37.